The fraction of sp³-hybridized carbons (Fsp3) is 0.0625. The molecule has 0 aromatic heterocycles. The number of carbonyl (C=O) groups is 2. The van der Waals surface area contributed by atoms with E-state index in [2.05, 4.69) is 10.4 Å². The van der Waals surface area contributed by atoms with Crippen LogP contribution in [0.25, 0.3) is 0 Å². The number of Topliss-reactive ketones (excluding diaryl/α,β-unsaturated/α-hetero) is 1. The van der Waals surface area contributed by atoms with Gasteiger partial charge in [-0.2, -0.15) is 5.10 Å². The van der Waals surface area contributed by atoms with Crippen molar-refractivity contribution in [2.45, 2.75) is 0 Å². The number of benzene rings is 2. The molecule has 1 heterocycles. The highest BCUT2D eigenvalue weighted by Gasteiger charge is 2.30. The van der Waals surface area contributed by atoms with Crippen LogP contribution in [0.4, 0.5) is 11.4 Å². The van der Waals surface area contributed by atoms with Gasteiger partial charge in [0.05, 0.1) is 5.69 Å². The molecule has 5 nitrogen and oxygen atoms in total. The summed E-state index contributed by atoms with van der Waals surface area (Å²) in [6.07, 6.45) is 0. The molecule has 5 heteroatoms. The van der Waals surface area contributed by atoms with Crippen LogP contribution in [0.5, 0.6) is 0 Å². The molecule has 0 unspecified atom stereocenters. The topological polar surface area (TPSA) is 61.8 Å². The molecule has 0 saturated carbocycles. The van der Waals surface area contributed by atoms with Crippen molar-refractivity contribution in [2.75, 3.05) is 16.9 Å². The SMILES string of the molecule is O=C1CN(c2ccccc2)N=C1C(=O)Nc1ccccc1. The van der Waals surface area contributed by atoms with Crippen LogP contribution in [-0.4, -0.2) is 23.9 Å². The minimum atomic E-state index is -0.482. The van der Waals surface area contributed by atoms with Crippen molar-refractivity contribution in [1.82, 2.24) is 0 Å². The lowest BCUT2D eigenvalue weighted by Gasteiger charge is -2.11. The minimum Gasteiger partial charge on any atom is -0.320 e. The lowest BCUT2D eigenvalue weighted by molar-refractivity contribution is -0.114. The molecule has 0 aliphatic carbocycles. The molecule has 1 N–H and O–H groups in total. The van der Waals surface area contributed by atoms with Crippen molar-refractivity contribution in [1.29, 1.82) is 0 Å². The zero-order valence-electron chi connectivity index (χ0n) is 11.2. The second kappa shape index (κ2) is 5.58. The van der Waals surface area contributed by atoms with E-state index < -0.39 is 5.91 Å². The van der Waals surface area contributed by atoms with E-state index in [-0.39, 0.29) is 18.0 Å². The molecule has 0 atom stereocenters. The molecule has 1 aliphatic rings. The van der Waals surface area contributed by atoms with E-state index in [9.17, 15) is 9.59 Å². The molecular formula is C16H13N3O2. The van der Waals surface area contributed by atoms with Crippen LogP contribution >= 0.6 is 0 Å². The Morgan fingerprint density at radius 2 is 1.62 bits per heavy atom. The molecule has 21 heavy (non-hydrogen) atoms. The first-order chi connectivity index (χ1) is 10.2. The van der Waals surface area contributed by atoms with Gasteiger partial charge >= 0.3 is 0 Å². The van der Waals surface area contributed by atoms with Gasteiger partial charge in [-0.25, -0.2) is 0 Å². The maximum Gasteiger partial charge on any atom is 0.279 e. The molecule has 0 radical (unpaired) electrons. The Bertz CT molecular complexity index is 696. The number of hydrogen-bond acceptors (Lipinski definition) is 4. The van der Waals surface area contributed by atoms with E-state index in [1.54, 1.807) is 12.1 Å². The summed E-state index contributed by atoms with van der Waals surface area (Å²) in [6.45, 7) is 0.0849. The van der Waals surface area contributed by atoms with Gasteiger partial charge in [0.25, 0.3) is 5.91 Å². The molecule has 0 bridgehead atoms. The number of hydrogen-bond donors (Lipinski definition) is 1. The number of anilines is 2. The smallest absolute Gasteiger partial charge is 0.279 e. The van der Waals surface area contributed by atoms with Crippen molar-refractivity contribution in [3.05, 3.63) is 60.7 Å². The fourth-order valence-electron chi connectivity index (χ4n) is 2.06. The summed E-state index contributed by atoms with van der Waals surface area (Å²) < 4.78 is 0. The quantitative estimate of drug-likeness (QED) is 0.935. The highest BCUT2D eigenvalue weighted by molar-refractivity contribution is 6.69. The third-order valence-corrected chi connectivity index (χ3v) is 3.08. The largest absolute Gasteiger partial charge is 0.320 e. The number of para-hydroxylation sites is 2. The normalized spacial score (nSPS) is 14.0. The lowest BCUT2D eigenvalue weighted by Crippen LogP contribution is -2.28. The molecule has 0 fully saturated rings. The van der Waals surface area contributed by atoms with Crippen LogP contribution in [0.2, 0.25) is 0 Å². The average molecular weight is 279 g/mol. The summed E-state index contributed by atoms with van der Waals surface area (Å²) >= 11 is 0. The highest BCUT2D eigenvalue weighted by atomic mass is 16.2. The van der Waals surface area contributed by atoms with Crippen molar-refractivity contribution in [3.63, 3.8) is 0 Å². The maximum atomic E-state index is 12.1. The van der Waals surface area contributed by atoms with E-state index in [1.165, 1.54) is 5.01 Å². The number of amides is 1. The highest BCUT2D eigenvalue weighted by Crippen LogP contribution is 2.17. The summed E-state index contributed by atoms with van der Waals surface area (Å²) in [7, 11) is 0. The molecule has 2 aromatic carbocycles. The summed E-state index contributed by atoms with van der Waals surface area (Å²) in [4.78, 5) is 24.1. The van der Waals surface area contributed by atoms with Crippen LogP contribution in [-0.2, 0) is 9.59 Å². The molecule has 3 rings (SSSR count). The first-order valence-electron chi connectivity index (χ1n) is 6.55. The number of rotatable bonds is 3. The Balaban J connectivity index is 1.78. The van der Waals surface area contributed by atoms with Gasteiger partial charge in [0.1, 0.15) is 6.54 Å². The van der Waals surface area contributed by atoms with Crippen LogP contribution in [0.3, 0.4) is 0 Å². The molecule has 0 spiro atoms. The third kappa shape index (κ3) is 2.81. The van der Waals surface area contributed by atoms with Gasteiger partial charge in [-0.1, -0.05) is 36.4 Å². The van der Waals surface area contributed by atoms with Crippen molar-refractivity contribution < 1.29 is 9.59 Å². The Kier molecular flexibility index (Phi) is 3.47. The van der Waals surface area contributed by atoms with Gasteiger partial charge in [-0.15, -0.1) is 0 Å². The Labute approximate surface area is 121 Å². The van der Waals surface area contributed by atoms with Crippen LogP contribution in [0, 0.1) is 0 Å². The summed E-state index contributed by atoms with van der Waals surface area (Å²) in [5, 5.41) is 8.32. The van der Waals surface area contributed by atoms with Crippen molar-refractivity contribution in [2.24, 2.45) is 5.10 Å². The number of nitrogens with one attached hydrogen (secondary N) is 1. The lowest BCUT2D eigenvalue weighted by atomic mass is 10.2. The van der Waals surface area contributed by atoms with Gasteiger partial charge in [-0.3, -0.25) is 14.6 Å². The summed E-state index contributed by atoms with van der Waals surface area (Å²) in [5.41, 5.74) is 1.35. The first-order valence-corrected chi connectivity index (χ1v) is 6.55. The Hall–Kier alpha value is -2.95. The zero-order valence-corrected chi connectivity index (χ0v) is 11.2. The molecule has 1 amide bonds. The van der Waals surface area contributed by atoms with Gasteiger partial charge < -0.3 is 5.32 Å². The van der Waals surface area contributed by atoms with Crippen LogP contribution in [0.15, 0.2) is 65.8 Å². The predicted octanol–water partition coefficient (Wildman–Crippen LogP) is 2.07. The number of carbonyl (C=O) groups excluding carboxylic acids is 2. The Morgan fingerprint density at radius 1 is 1.00 bits per heavy atom. The van der Waals surface area contributed by atoms with Crippen LogP contribution in [0.1, 0.15) is 0 Å². The maximum absolute atomic E-state index is 12.1. The Morgan fingerprint density at radius 3 is 2.29 bits per heavy atom. The average Bonchev–Trinajstić information content (AvgIpc) is 2.91. The predicted molar refractivity (Wildman–Crippen MR) is 81.3 cm³/mol. The van der Waals surface area contributed by atoms with E-state index in [1.807, 2.05) is 48.5 Å². The second-order valence-electron chi connectivity index (χ2n) is 4.59. The summed E-state index contributed by atoms with van der Waals surface area (Å²) in [6, 6.07) is 18.3. The van der Waals surface area contributed by atoms with Crippen LogP contribution < -0.4 is 10.3 Å². The summed E-state index contributed by atoms with van der Waals surface area (Å²) in [5.74, 6) is -0.767. The second-order valence-corrected chi connectivity index (χ2v) is 4.59. The zero-order chi connectivity index (χ0) is 14.7. The van der Waals surface area contributed by atoms with Gasteiger partial charge in [0.15, 0.2) is 5.71 Å². The molecule has 104 valence electrons. The molecule has 0 saturated heterocycles. The van der Waals surface area contributed by atoms with Crippen molar-refractivity contribution in [3.8, 4) is 0 Å². The van der Waals surface area contributed by atoms with Gasteiger partial charge in [0, 0.05) is 5.69 Å². The number of hydrazone groups is 1. The first kappa shape index (κ1) is 13.1. The standard InChI is InChI=1S/C16H13N3O2/c20-14-11-19(13-9-5-2-6-10-13)18-15(14)16(21)17-12-7-3-1-4-8-12/h1-10H,11H2,(H,17,21). The molecule has 1 aliphatic heterocycles. The number of nitrogens with zero attached hydrogens (tertiary/aromatic N) is 2. The van der Waals surface area contributed by atoms with Gasteiger partial charge in [0.2, 0.25) is 5.78 Å². The monoisotopic (exact) mass is 279 g/mol. The van der Waals surface area contributed by atoms with Gasteiger partial charge in [-0.05, 0) is 24.3 Å². The number of ketones is 1. The minimum absolute atomic E-state index is 0.0669. The molecular weight excluding hydrogens is 266 g/mol. The van der Waals surface area contributed by atoms with E-state index >= 15 is 0 Å². The fourth-order valence-corrected chi connectivity index (χ4v) is 2.06. The van der Waals surface area contributed by atoms with E-state index in [0.29, 0.717) is 5.69 Å². The van der Waals surface area contributed by atoms with E-state index in [4.69, 9.17) is 0 Å². The van der Waals surface area contributed by atoms with Crippen molar-refractivity contribution >= 4 is 28.8 Å². The molecule has 2 aromatic rings. The van der Waals surface area contributed by atoms with E-state index in [0.717, 1.165) is 5.69 Å². The third-order valence-electron chi connectivity index (χ3n) is 3.08.